The summed E-state index contributed by atoms with van der Waals surface area (Å²) in [4.78, 5) is 14.5. The molecule has 0 radical (unpaired) electrons. The zero-order chi connectivity index (χ0) is 22.6. The molecule has 6 nitrogen and oxygen atoms in total. The van der Waals surface area contributed by atoms with Gasteiger partial charge < -0.3 is 19.9 Å². The molecule has 1 amide bonds. The van der Waals surface area contributed by atoms with E-state index in [1.165, 1.54) is 0 Å². The Kier molecular flexibility index (Phi) is 7.46. The number of alkyl carbamates (subject to hydrolysis) is 1. The number of nitrogens with zero attached hydrogens (tertiary/aromatic N) is 1. The van der Waals surface area contributed by atoms with Crippen LogP contribution < -0.4 is 10.1 Å². The Morgan fingerprint density at radius 2 is 1.90 bits per heavy atom. The van der Waals surface area contributed by atoms with E-state index in [-0.39, 0.29) is 12.1 Å². The Balaban J connectivity index is 1.77. The fourth-order valence-electron chi connectivity index (χ4n) is 3.97. The lowest BCUT2D eigenvalue weighted by atomic mass is 10.1. The van der Waals surface area contributed by atoms with Gasteiger partial charge in [-0.3, -0.25) is 4.90 Å². The Hall–Kier alpha value is -2.28. The summed E-state index contributed by atoms with van der Waals surface area (Å²) in [5.74, 6) is 0.582. The molecule has 168 valence electrons. The zero-order valence-corrected chi connectivity index (χ0v) is 19.2. The molecule has 3 rings (SSSR count). The van der Waals surface area contributed by atoms with E-state index in [4.69, 9.17) is 21.1 Å². The number of aliphatic hydroxyl groups is 1. The SMILES string of the molecule is CN(Cc1ccccc1)[C@@H]1[C@@H](O)[C@H](Oc2cccc(Cl)c2)C[C@H]1NC(=O)OC(C)(C)C. The third-order valence-electron chi connectivity index (χ3n) is 5.20. The summed E-state index contributed by atoms with van der Waals surface area (Å²) in [6.07, 6.45) is -1.38. The second-order valence-corrected chi connectivity index (χ2v) is 9.42. The first-order valence-electron chi connectivity index (χ1n) is 10.5. The molecule has 0 bridgehead atoms. The van der Waals surface area contributed by atoms with E-state index >= 15 is 0 Å². The fourth-order valence-corrected chi connectivity index (χ4v) is 4.15. The number of halogens is 1. The first-order chi connectivity index (χ1) is 14.6. The van der Waals surface area contributed by atoms with Crippen LogP contribution in [-0.4, -0.2) is 53.0 Å². The number of hydrogen-bond acceptors (Lipinski definition) is 5. The molecule has 0 saturated heterocycles. The van der Waals surface area contributed by atoms with Gasteiger partial charge in [0.15, 0.2) is 0 Å². The predicted octanol–water partition coefficient (Wildman–Crippen LogP) is 4.25. The summed E-state index contributed by atoms with van der Waals surface area (Å²) in [5, 5.41) is 14.7. The van der Waals surface area contributed by atoms with Crippen molar-refractivity contribution in [2.75, 3.05) is 7.05 Å². The summed E-state index contributed by atoms with van der Waals surface area (Å²) in [7, 11) is 1.94. The van der Waals surface area contributed by atoms with Crippen LogP contribution in [-0.2, 0) is 11.3 Å². The Bertz CT molecular complexity index is 871. The van der Waals surface area contributed by atoms with Gasteiger partial charge in [-0.2, -0.15) is 0 Å². The number of amides is 1. The molecule has 1 fully saturated rings. The summed E-state index contributed by atoms with van der Waals surface area (Å²) >= 11 is 6.07. The number of carbonyl (C=O) groups excluding carboxylic acids is 1. The summed E-state index contributed by atoms with van der Waals surface area (Å²) in [6, 6.07) is 16.4. The molecule has 1 aliphatic carbocycles. The van der Waals surface area contributed by atoms with E-state index in [2.05, 4.69) is 5.32 Å². The first kappa shape index (κ1) is 23.4. The van der Waals surface area contributed by atoms with Crippen molar-refractivity contribution < 1.29 is 19.4 Å². The molecule has 1 saturated carbocycles. The van der Waals surface area contributed by atoms with Crippen LogP contribution in [0, 0.1) is 0 Å². The van der Waals surface area contributed by atoms with Gasteiger partial charge in [0.1, 0.15) is 23.6 Å². The minimum atomic E-state index is -0.812. The number of hydrogen-bond donors (Lipinski definition) is 2. The molecular formula is C24H31ClN2O4. The highest BCUT2D eigenvalue weighted by molar-refractivity contribution is 6.30. The summed E-state index contributed by atoms with van der Waals surface area (Å²) in [6.45, 7) is 6.08. The molecule has 0 unspecified atom stereocenters. The molecule has 0 heterocycles. The fraction of sp³-hybridized carbons (Fsp3) is 0.458. The summed E-state index contributed by atoms with van der Waals surface area (Å²) in [5.41, 5.74) is 0.510. The van der Waals surface area contributed by atoms with E-state index in [1.807, 2.05) is 63.1 Å². The lowest BCUT2D eigenvalue weighted by Crippen LogP contribution is -2.52. The predicted molar refractivity (Wildman–Crippen MR) is 121 cm³/mol. The van der Waals surface area contributed by atoms with E-state index in [0.717, 1.165) is 5.56 Å². The van der Waals surface area contributed by atoms with Gasteiger partial charge in [-0.05, 0) is 51.6 Å². The van der Waals surface area contributed by atoms with Gasteiger partial charge in [-0.15, -0.1) is 0 Å². The minimum absolute atomic E-state index is 0.345. The van der Waals surface area contributed by atoms with Crippen molar-refractivity contribution >= 4 is 17.7 Å². The Morgan fingerprint density at radius 3 is 2.55 bits per heavy atom. The molecule has 0 spiro atoms. The van der Waals surface area contributed by atoms with Crippen molar-refractivity contribution in [1.82, 2.24) is 10.2 Å². The largest absolute Gasteiger partial charge is 0.488 e. The number of carbonyl (C=O) groups is 1. The van der Waals surface area contributed by atoms with Crippen molar-refractivity contribution in [3.05, 3.63) is 65.2 Å². The lowest BCUT2D eigenvalue weighted by molar-refractivity contribution is 0.0108. The zero-order valence-electron chi connectivity index (χ0n) is 18.4. The van der Waals surface area contributed by atoms with Gasteiger partial charge in [-0.1, -0.05) is 48.0 Å². The monoisotopic (exact) mass is 446 g/mol. The number of nitrogens with one attached hydrogen (secondary N) is 1. The molecule has 2 N–H and O–H groups in total. The second-order valence-electron chi connectivity index (χ2n) is 8.98. The highest BCUT2D eigenvalue weighted by Gasteiger charge is 2.47. The lowest BCUT2D eigenvalue weighted by Gasteiger charge is -2.32. The Morgan fingerprint density at radius 1 is 1.19 bits per heavy atom. The van der Waals surface area contributed by atoms with Crippen molar-refractivity contribution in [1.29, 1.82) is 0 Å². The molecule has 7 heteroatoms. The molecular weight excluding hydrogens is 416 g/mol. The van der Waals surface area contributed by atoms with Crippen LogP contribution in [0.25, 0.3) is 0 Å². The normalized spacial score (nSPS) is 23.6. The standard InChI is InChI=1S/C24H31ClN2O4/c1-24(2,3)31-23(29)26-19-14-20(30-18-12-8-11-17(25)13-18)22(28)21(19)27(4)15-16-9-6-5-7-10-16/h5-13,19-22,28H,14-15H2,1-4H3,(H,26,29)/t19-,20-,21+,22+/m1/s1. The number of likely N-dealkylation sites (N-methyl/N-ethyl adjacent to an activating group) is 1. The number of benzene rings is 2. The number of ether oxygens (including phenoxy) is 2. The van der Waals surface area contributed by atoms with Gasteiger partial charge in [-0.25, -0.2) is 4.79 Å². The van der Waals surface area contributed by atoms with E-state index in [0.29, 0.717) is 23.7 Å². The van der Waals surface area contributed by atoms with Crippen molar-refractivity contribution in [3.8, 4) is 5.75 Å². The Labute approximate surface area is 189 Å². The van der Waals surface area contributed by atoms with Crippen LogP contribution in [0.5, 0.6) is 5.75 Å². The average Bonchev–Trinajstić information content (AvgIpc) is 2.96. The highest BCUT2D eigenvalue weighted by atomic mass is 35.5. The van der Waals surface area contributed by atoms with E-state index in [1.54, 1.807) is 24.3 Å². The van der Waals surface area contributed by atoms with Crippen molar-refractivity contribution in [3.63, 3.8) is 0 Å². The molecule has 4 atom stereocenters. The van der Waals surface area contributed by atoms with E-state index < -0.39 is 23.9 Å². The van der Waals surface area contributed by atoms with Gasteiger partial charge in [0.05, 0.1) is 12.1 Å². The molecule has 0 aliphatic heterocycles. The van der Waals surface area contributed by atoms with Crippen LogP contribution in [0.3, 0.4) is 0 Å². The second kappa shape index (κ2) is 9.90. The molecule has 0 aromatic heterocycles. The first-order valence-corrected chi connectivity index (χ1v) is 10.8. The molecule has 2 aromatic rings. The van der Waals surface area contributed by atoms with Crippen LogP contribution in [0.1, 0.15) is 32.8 Å². The van der Waals surface area contributed by atoms with Crippen LogP contribution in [0.4, 0.5) is 4.79 Å². The number of aliphatic hydroxyl groups excluding tert-OH is 1. The third kappa shape index (κ3) is 6.60. The maximum atomic E-state index is 12.5. The quantitative estimate of drug-likeness (QED) is 0.694. The van der Waals surface area contributed by atoms with Crippen LogP contribution >= 0.6 is 11.6 Å². The molecule has 2 aromatic carbocycles. The van der Waals surface area contributed by atoms with Gasteiger partial charge in [0.25, 0.3) is 0 Å². The highest BCUT2D eigenvalue weighted by Crippen LogP contribution is 2.30. The average molecular weight is 447 g/mol. The van der Waals surface area contributed by atoms with Gasteiger partial charge in [0, 0.05) is 18.0 Å². The van der Waals surface area contributed by atoms with Crippen molar-refractivity contribution in [2.24, 2.45) is 0 Å². The number of rotatable bonds is 6. The molecule has 1 aliphatic rings. The maximum Gasteiger partial charge on any atom is 0.407 e. The van der Waals surface area contributed by atoms with Gasteiger partial charge >= 0.3 is 6.09 Å². The van der Waals surface area contributed by atoms with Crippen LogP contribution in [0.2, 0.25) is 5.02 Å². The van der Waals surface area contributed by atoms with Crippen LogP contribution in [0.15, 0.2) is 54.6 Å². The van der Waals surface area contributed by atoms with E-state index in [9.17, 15) is 9.90 Å². The minimum Gasteiger partial charge on any atom is -0.488 e. The topological polar surface area (TPSA) is 71.0 Å². The smallest absolute Gasteiger partial charge is 0.407 e. The maximum absolute atomic E-state index is 12.5. The third-order valence-corrected chi connectivity index (χ3v) is 5.43. The van der Waals surface area contributed by atoms with Crippen molar-refractivity contribution in [2.45, 2.75) is 63.6 Å². The molecule has 31 heavy (non-hydrogen) atoms. The summed E-state index contributed by atoms with van der Waals surface area (Å²) < 4.78 is 11.5. The van der Waals surface area contributed by atoms with Gasteiger partial charge in [0.2, 0.25) is 0 Å².